The molecule has 1 heterocycles. The van der Waals surface area contributed by atoms with Crippen molar-refractivity contribution in [1.29, 1.82) is 0 Å². The Morgan fingerprint density at radius 1 is 1.30 bits per heavy atom. The summed E-state index contributed by atoms with van der Waals surface area (Å²) in [6.45, 7) is 4.20. The summed E-state index contributed by atoms with van der Waals surface area (Å²) in [5.41, 5.74) is 1.91. The normalized spacial score (nSPS) is 10.6. The number of nitrogens with zero attached hydrogens (tertiary/aromatic N) is 1. The average molecular weight is 293 g/mol. The van der Waals surface area contributed by atoms with Crippen LogP contribution >= 0.6 is 11.6 Å². The van der Waals surface area contributed by atoms with Gasteiger partial charge >= 0.3 is 0 Å². The van der Waals surface area contributed by atoms with Gasteiger partial charge in [0, 0.05) is 18.5 Å². The zero-order chi connectivity index (χ0) is 14.5. The van der Waals surface area contributed by atoms with Crippen LogP contribution in [0.25, 0.3) is 0 Å². The molecule has 0 saturated heterocycles. The second-order valence-corrected chi connectivity index (χ2v) is 5.08. The van der Waals surface area contributed by atoms with Crippen LogP contribution in [0.1, 0.15) is 22.9 Å². The van der Waals surface area contributed by atoms with Gasteiger partial charge in [0.15, 0.2) is 5.89 Å². The molecule has 0 aliphatic heterocycles. The van der Waals surface area contributed by atoms with Crippen LogP contribution < -0.4 is 5.32 Å². The third kappa shape index (κ3) is 4.10. The highest BCUT2D eigenvalue weighted by molar-refractivity contribution is 6.30. The van der Waals surface area contributed by atoms with Crippen LogP contribution in [0.4, 0.5) is 0 Å². The Morgan fingerprint density at radius 2 is 2.00 bits per heavy atom. The molecule has 106 valence electrons. The third-order valence-corrected chi connectivity index (χ3v) is 3.22. The molecule has 1 aromatic heterocycles. The Kier molecular flexibility index (Phi) is 4.79. The van der Waals surface area contributed by atoms with E-state index >= 15 is 0 Å². The van der Waals surface area contributed by atoms with Crippen LogP contribution in [-0.4, -0.2) is 17.4 Å². The lowest BCUT2D eigenvalue weighted by atomic mass is 10.1. The van der Waals surface area contributed by atoms with Gasteiger partial charge in [0.2, 0.25) is 5.91 Å². The summed E-state index contributed by atoms with van der Waals surface area (Å²) in [4.78, 5) is 15.9. The molecular weight excluding hydrogens is 276 g/mol. The van der Waals surface area contributed by atoms with Crippen LogP contribution in [0.2, 0.25) is 5.02 Å². The number of hydrogen-bond acceptors (Lipinski definition) is 3. The number of hydrogen-bond donors (Lipinski definition) is 1. The van der Waals surface area contributed by atoms with Crippen LogP contribution in [0.5, 0.6) is 0 Å². The number of carbonyl (C=O) groups is 1. The highest BCUT2D eigenvalue weighted by Crippen LogP contribution is 2.11. The zero-order valence-corrected chi connectivity index (χ0v) is 12.3. The van der Waals surface area contributed by atoms with Gasteiger partial charge in [-0.15, -0.1) is 0 Å². The summed E-state index contributed by atoms with van der Waals surface area (Å²) in [6.07, 6.45) is 1.00. The second-order valence-electron chi connectivity index (χ2n) is 4.64. The lowest BCUT2D eigenvalue weighted by Crippen LogP contribution is -2.27. The quantitative estimate of drug-likeness (QED) is 0.922. The lowest BCUT2D eigenvalue weighted by Gasteiger charge is -2.04. The molecule has 5 heteroatoms. The molecule has 0 aliphatic rings. The van der Waals surface area contributed by atoms with Crippen LogP contribution in [-0.2, 0) is 17.6 Å². The first-order valence-corrected chi connectivity index (χ1v) is 6.86. The van der Waals surface area contributed by atoms with E-state index < -0.39 is 0 Å². The van der Waals surface area contributed by atoms with Gasteiger partial charge in [0.1, 0.15) is 5.76 Å². The fourth-order valence-corrected chi connectivity index (χ4v) is 2.07. The summed E-state index contributed by atoms with van der Waals surface area (Å²) < 4.78 is 5.38. The SMILES string of the molecule is Cc1nc(C)c(CC(=O)NCCc2ccc(Cl)cc2)o1. The monoisotopic (exact) mass is 292 g/mol. The first kappa shape index (κ1) is 14.6. The zero-order valence-electron chi connectivity index (χ0n) is 11.6. The highest BCUT2D eigenvalue weighted by atomic mass is 35.5. The number of amides is 1. The van der Waals surface area contributed by atoms with Gasteiger partial charge in [-0.05, 0) is 31.0 Å². The molecule has 0 atom stereocenters. The van der Waals surface area contributed by atoms with E-state index in [4.69, 9.17) is 16.0 Å². The summed E-state index contributed by atoms with van der Waals surface area (Å²) in [5.74, 6) is 1.16. The Morgan fingerprint density at radius 3 is 2.60 bits per heavy atom. The van der Waals surface area contributed by atoms with Gasteiger partial charge in [0.05, 0.1) is 12.1 Å². The van der Waals surface area contributed by atoms with Gasteiger partial charge < -0.3 is 9.73 Å². The standard InChI is InChI=1S/C15H17ClN2O2/c1-10-14(20-11(2)18-10)9-15(19)17-8-7-12-3-5-13(16)6-4-12/h3-6H,7-9H2,1-2H3,(H,17,19). The molecule has 0 aliphatic carbocycles. The number of nitrogens with one attached hydrogen (secondary N) is 1. The van der Waals surface area contributed by atoms with Crippen molar-refractivity contribution >= 4 is 17.5 Å². The van der Waals surface area contributed by atoms with E-state index in [1.807, 2.05) is 31.2 Å². The molecule has 20 heavy (non-hydrogen) atoms. The molecule has 0 radical (unpaired) electrons. The summed E-state index contributed by atoms with van der Waals surface area (Å²) in [7, 11) is 0. The van der Waals surface area contributed by atoms with Crippen LogP contribution in [0, 0.1) is 13.8 Å². The highest BCUT2D eigenvalue weighted by Gasteiger charge is 2.11. The van der Waals surface area contributed by atoms with Crippen molar-refractivity contribution in [2.45, 2.75) is 26.7 Å². The maximum absolute atomic E-state index is 11.8. The first-order chi connectivity index (χ1) is 9.54. The Bertz CT molecular complexity index is 590. The Hall–Kier alpha value is -1.81. The van der Waals surface area contributed by atoms with Gasteiger partial charge in [0.25, 0.3) is 0 Å². The molecule has 1 amide bonds. The Balaban J connectivity index is 1.78. The number of aromatic nitrogens is 1. The number of rotatable bonds is 5. The van der Waals surface area contributed by atoms with Crippen LogP contribution in [0.15, 0.2) is 28.7 Å². The van der Waals surface area contributed by atoms with Crippen LogP contribution in [0.3, 0.4) is 0 Å². The average Bonchev–Trinajstić information content (AvgIpc) is 2.70. The van der Waals surface area contributed by atoms with Crippen molar-refractivity contribution in [2.75, 3.05) is 6.54 Å². The molecule has 4 nitrogen and oxygen atoms in total. The van der Waals surface area contributed by atoms with E-state index in [1.165, 1.54) is 0 Å². The van der Waals surface area contributed by atoms with E-state index in [9.17, 15) is 4.79 Å². The number of oxazole rings is 1. The predicted molar refractivity (Wildman–Crippen MR) is 77.8 cm³/mol. The first-order valence-electron chi connectivity index (χ1n) is 6.48. The van der Waals surface area contributed by atoms with Gasteiger partial charge in [-0.25, -0.2) is 4.98 Å². The van der Waals surface area contributed by atoms with Gasteiger partial charge in [-0.3, -0.25) is 4.79 Å². The Labute approximate surface area is 123 Å². The van der Waals surface area contributed by atoms with E-state index in [0.29, 0.717) is 23.2 Å². The molecule has 0 spiro atoms. The molecular formula is C15H17ClN2O2. The van der Waals surface area contributed by atoms with Crippen molar-refractivity contribution in [3.8, 4) is 0 Å². The molecule has 1 aromatic carbocycles. The maximum Gasteiger partial charge on any atom is 0.227 e. The minimum absolute atomic E-state index is 0.0572. The number of carbonyl (C=O) groups excluding carboxylic acids is 1. The van der Waals surface area contributed by atoms with Gasteiger partial charge in [-0.1, -0.05) is 23.7 Å². The van der Waals surface area contributed by atoms with Gasteiger partial charge in [-0.2, -0.15) is 0 Å². The van der Waals surface area contributed by atoms with Crippen molar-refractivity contribution < 1.29 is 9.21 Å². The largest absolute Gasteiger partial charge is 0.445 e. The molecule has 0 bridgehead atoms. The van der Waals surface area contributed by atoms with Crippen molar-refractivity contribution in [2.24, 2.45) is 0 Å². The second kappa shape index (κ2) is 6.57. The molecule has 0 fully saturated rings. The van der Waals surface area contributed by atoms with Crippen molar-refractivity contribution in [1.82, 2.24) is 10.3 Å². The van der Waals surface area contributed by atoms with E-state index in [1.54, 1.807) is 6.92 Å². The minimum Gasteiger partial charge on any atom is -0.445 e. The fourth-order valence-electron chi connectivity index (χ4n) is 1.94. The smallest absolute Gasteiger partial charge is 0.227 e. The molecule has 0 unspecified atom stereocenters. The summed E-state index contributed by atoms with van der Waals surface area (Å²) >= 11 is 5.82. The van der Waals surface area contributed by atoms with E-state index in [-0.39, 0.29) is 12.3 Å². The summed E-state index contributed by atoms with van der Waals surface area (Å²) in [6, 6.07) is 7.61. The predicted octanol–water partition coefficient (Wildman–Crippen LogP) is 2.85. The maximum atomic E-state index is 11.8. The summed E-state index contributed by atoms with van der Waals surface area (Å²) in [5, 5.41) is 3.59. The molecule has 1 N–H and O–H groups in total. The fraction of sp³-hybridized carbons (Fsp3) is 0.333. The molecule has 2 aromatic rings. The molecule has 0 saturated carbocycles. The number of aryl methyl sites for hydroxylation is 2. The third-order valence-electron chi connectivity index (χ3n) is 2.97. The van der Waals surface area contributed by atoms with E-state index in [0.717, 1.165) is 17.7 Å². The molecule has 2 rings (SSSR count). The topological polar surface area (TPSA) is 55.1 Å². The van der Waals surface area contributed by atoms with Crippen molar-refractivity contribution in [3.63, 3.8) is 0 Å². The number of benzene rings is 1. The minimum atomic E-state index is -0.0572. The lowest BCUT2D eigenvalue weighted by molar-refractivity contribution is -0.120. The van der Waals surface area contributed by atoms with Crippen molar-refractivity contribution in [3.05, 3.63) is 52.2 Å². The van der Waals surface area contributed by atoms with E-state index in [2.05, 4.69) is 10.3 Å². The number of halogens is 1.